The van der Waals surface area contributed by atoms with Crippen molar-refractivity contribution < 1.29 is 0 Å². The maximum Gasteiger partial charge on any atom is 0.0832 e. The van der Waals surface area contributed by atoms with E-state index >= 15 is 0 Å². The van der Waals surface area contributed by atoms with Crippen LogP contribution < -0.4 is 5.73 Å². The van der Waals surface area contributed by atoms with Crippen LogP contribution in [0.15, 0.2) is 30.9 Å². The van der Waals surface area contributed by atoms with Gasteiger partial charge < -0.3 is 5.73 Å². The van der Waals surface area contributed by atoms with E-state index in [1.807, 2.05) is 12.3 Å². The minimum Gasteiger partial charge on any atom is -0.330 e. The fourth-order valence-corrected chi connectivity index (χ4v) is 1.48. The largest absolute Gasteiger partial charge is 0.330 e. The second kappa shape index (κ2) is 4.42. The highest BCUT2D eigenvalue weighted by Crippen LogP contribution is 2.12. The third kappa shape index (κ3) is 2.34. The molecule has 0 aliphatic rings. The van der Waals surface area contributed by atoms with Crippen molar-refractivity contribution in [3.05, 3.63) is 41.4 Å². The number of hydrogen-bond donors (Lipinski definition) is 1. The number of hydrogen-bond acceptors (Lipinski definition) is 3. The Labute approximate surface area is 92.7 Å². The predicted molar refractivity (Wildman–Crippen MR) is 59.1 cm³/mol. The van der Waals surface area contributed by atoms with E-state index in [0.717, 1.165) is 17.7 Å². The summed E-state index contributed by atoms with van der Waals surface area (Å²) < 4.78 is 1.69. The summed E-state index contributed by atoms with van der Waals surface area (Å²) in [6.45, 7) is 0.616. The van der Waals surface area contributed by atoms with Gasteiger partial charge in [-0.2, -0.15) is 5.10 Å². The van der Waals surface area contributed by atoms with Crippen molar-refractivity contribution in [2.24, 2.45) is 5.73 Å². The zero-order chi connectivity index (χ0) is 10.7. The standard InChI is InChI=1S/C10H11ClN4/c11-9-5-14-15(7-9)10-3-8(1-2-12)4-13-6-10/h3-7H,1-2,12H2. The molecule has 0 bridgehead atoms. The lowest BCUT2D eigenvalue weighted by molar-refractivity contribution is 0.864. The molecule has 2 rings (SSSR count). The number of pyridine rings is 1. The molecule has 15 heavy (non-hydrogen) atoms. The summed E-state index contributed by atoms with van der Waals surface area (Å²) in [5.41, 5.74) is 7.48. The van der Waals surface area contributed by atoms with E-state index in [1.54, 1.807) is 23.3 Å². The highest BCUT2D eigenvalue weighted by molar-refractivity contribution is 6.30. The Morgan fingerprint density at radius 2 is 2.20 bits per heavy atom. The molecule has 0 aliphatic heterocycles. The molecule has 0 amide bonds. The quantitative estimate of drug-likeness (QED) is 0.855. The molecule has 0 fully saturated rings. The minimum atomic E-state index is 0.610. The molecule has 5 heteroatoms. The van der Waals surface area contributed by atoms with Crippen molar-refractivity contribution in [1.29, 1.82) is 0 Å². The summed E-state index contributed by atoms with van der Waals surface area (Å²) in [5.74, 6) is 0. The maximum absolute atomic E-state index is 5.79. The lowest BCUT2D eigenvalue weighted by atomic mass is 10.2. The van der Waals surface area contributed by atoms with Gasteiger partial charge in [0.1, 0.15) is 0 Å². The maximum atomic E-state index is 5.79. The predicted octanol–water partition coefficient (Wildman–Crippen LogP) is 1.42. The van der Waals surface area contributed by atoms with Gasteiger partial charge in [0.15, 0.2) is 0 Å². The van der Waals surface area contributed by atoms with E-state index in [-0.39, 0.29) is 0 Å². The zero-order valence-corrected chi connectivity index (χ0v) is 8.85. The van der Waals surface area contributed by atoms with Crippen molar-refractivity contribution in [2.45, 2.75) is 6.42 Å². The molecule has 2 aromatic heterocycles. The number of aromatic nitrogens is 3. The van der Waals surface area contributed by atoms with E-state index in [9.17, 15) is 0 Å². The Kier molecular flexibility index (Phi) is 2.99. The van der Waals surface area contributed by atoms with Crippen LogP contribution in [0.2, 0.25) is 5.02 Å². The van der Waals surface area contributed by atoms with Crippen LogP contribution in [0.5, 0.6) is 0 Å². The van der Waals surface area contributed by atoms with Crippen molar-refractivity contribution in [2.75, 3.05) is 6.54 Å². The number of rotatable bonds is 3. The lowest BCUT2D eigenvalue weighted by Gasteiger charge is -2.03. The van der Waals surface area contributed by atoms with Crippen molar-refractivity contribution in [1.82, 2.24) is 14.8 Å². The third-order valence-corrected chi connectivity index (χ3v) is 2.22. The zero-order valence-electron chi connectivity index (χ0n) is 8.10. The smallest absolute Gasteiger partial charge is 0.0832 e. The summed E-state index contributed by atoms with van der Waals surface area (Å²) in [5, 5.41) is 4.71. The molecule has 0 atom stereocenters. The van der Waals surface area contributed by atoms with Crippen LogP contribution in [0.3, 0.4) is 0 Å². The Bertz CT molecular complexity index is 452. The highest BCUT2D eigenvalue weighted by atomic mass is 35.5. The van der Waals surface area contributed by atoms with Crippen LogP contribution in [0.25, 0.3) is 5.69 Å². The summed E-state index contributed by atoms with van der Waals surface area (Å²) in [7, 11) is 0. The monoisotopic (exact) mass is 222 g/mol. The van der Waals surface area contributed by atoms with E-state index in [4.69, 9.17) is 17.3 Å². The summed E-state index contributed by atoms with van der Waals surface area (Å²) >= 11 is 5.79. The van der Waals surface area contributed by atoms with Gasteiger partial charge >= 0.3 is 0 Å². The average Bonchev–Trinajstić information content (AvgIpc) is 2.66. The highest BCUT2D eigenvalue weighted by Gasteiger charge is 2.00. The van der Waals surface area contributed by atoms with Gasteiger partial charge in [0.05, 0.1) is 23.1 Å². The first-order valence-electron chi connectivity index (χ1n) is 4.64. The first-order chi connectivity index (χ1) is 7.29. The molecule has 0 radical (unpaired) electrons. The SMILES string of the molecule is NCCc1cncc(-n2cc(Cl)cn2)c1. The molecule has 78 valence electrons. The van der Waals surface area contributed by atoms with E-state index in [1.165, 1.54) is 0 Å². The Balaban J connectivity index is 2.32. The molecule has 2 aromatic rings. The lowest BCUT2D eigenvalue weighted by Crippen LogP contribution is -2.04. The van der Waals surface area contributed by atoms with Crippen molar-refractivity contribution >= 4 is 11.6 Å². The second-order valence-corrected chi connectivity index (χ2v) is 3.63. The molecule has 0 aliphatic carbocycles. The molecule has 0 spiro atoms. The van der Waals surface area contributed by atoms with Crippen LogP contribution in [0.1, 0.15) is 5.56 Å². The molecule has 0 unspecified atom stereocenters. The van der Waals surface area contributed by atoms with E-state index in [2.05, 4.69) is 10.1 Å². The van der Waals surface area contributed by atoms with Gasteiger partial charge in [-0.05, 0) is 24.6 Å². The Hall–Kier alpha value is -1.39. The van der Waals surface area contributed by atoms with Gasteiger partial charge in [-0.3, -0.25) is 4.98 Å². The van der Waals surface area contributed by atoms with Gasteiger partial charge in [-0.15, -0.1) is 0 Å². The molecule has 0 saturated carbocycles. The molecular weight excluding hydrogens is 212 g/mol. The first kappa shape index (κ1) is 10.1. The van der Waals surface area contributed by atoms with Crippen LogP contribution in [-0.4, -0.2) is 21.3 Å². The Morgan fingerprint density at radius 3 is 2.87 bits per heavy atom. The first-order valence-corrected chi connectivity index (χ1v) is 5.02. The number of halogens is 1. The van der Waals surface area contributed by atoms with Gasteiger partial charge in [0, 0.05) is 12.4 Å². The molecule has 0 saturated heterocycles. The van der Waals surface area contributed by atoms with Crippen LogP contribution >= 0.6 is 11.6 Å². The van der Waals surface area contributed by atoms with E-state index < -0.39 is 0 Å². The van der Waals surface area contributed by atoms with Crippen molar-refractivity contribution in [3.63, 3.8) is 0 Å². The third-order valence-electron chi connectivity index (χ3n) is 2.03. The van der Waals surface area contributed by atoms with Crippen LogP contribution in [0, 0.1) is 0 Å². The second-order valence-electron chi connectivity index (χ2n) is 3.19. The molecule has 2 N–H and O–H groups in total. The molecule has 4 nitrogen and oxygen atoms in total. The normalized spacial score (nSPS) is 10.5. The summed E-state index contributed by atoms with van der Waals surface area (Å²) in [6.07, 6.45) is 7.70. The number of nitrogens with zero attached hydrogens (tertiary/aromatic N) is 3. The fraction of sp³-hybridized carbons (Fsp3) is 0.200. The van der Waals surface area contributed by atoms with Gasteiger partial charge in [-0.1, -0.05) is 11.6 Å². The van der Waals surface area contributed by atoms with Crippen LogP contribution in [-0.2, 0) is 6.42 Å². The molecular formula is C10H11ClN4. The fourth-order valence-electron chi connectivity index (χ4n) is 1.34. The molecule has 2 heterocycles. The van der Waals surface area contributed by atoms with Crippen molar-refractivity contribution in [3.8, 4) is 5.69 Å². The minimum absolute atomic E-state index is 0.610. The van der Waals surface area contributed by atoms with E-state index in [0.29, 0.717) is 11.6 Å². The average molecular weight is 223 g/mol. The van der Waals surface area contributed by atoms with Gasteiger partial charge in [0.2, 0.25) is 0 Å². The Morgan fingerprint density at radius 1 is 1.33 bits per heavy atom. The number of nitrogens with two attached hydrogens (primary N) is 1. The summed E-state index contributed by atoms with van der Waals surface area (Å²) in [6, 6.07) is 2.00. The molecule has 0 aromatic carbocycles. The topological polar surface area (TPSA) is 56.7 Å². The van der Waals surface area contributed by atoms with Crippen LogP contribution in [0.4, 0.5) is 0 Å². The summed E-state index contributed by atoms with van der Waals surface area (Å²) in [4.78, 5) is 4.13. The van der Waals surface area contributed by atoms with Gasteiger partial charge in [0.25, 0.3) is 0 Å². The van der Waals surface area contributed by atoms with Gasteiger partial charge in [-0.25, -0.2) is 4.68 Å².